The predicted octanol–water partition coefficient (Wildman–Crippen LogP) is 4.08. The molecule has 2 heterocycles. The van der Waals surface area contributed by atoms with E-state index < -0.39 is 11.6 Å². The van der Waals surface area contributed by atoms with Gasteiger partial charge in [0, 0.05) is 25.2 Å². The van der Waals surface area contributed by atoms with E-state index in [9.17, 15) is 8.78 Å². The van der Waals surface area contributed by atoms with Crippen LogP contribution in [0, 0.1) is 11.6 Å². The first-order valence-electron chi connectivity index (χ1n) is 8.92. The summed E-state index contributed by atoms with van der Waals surface area (Å²) in [5.74, 6) is -0.369. The Hall–Kier alpha value is -3.26. The summed E-state index contributed by atoms with van der Waals surface area (Å²) in [6.07, 6.45) is 1.38. The lowest BCUT2D eigenvalue weighted by atomic mass is 10.2. The first-order chi connectivity index (χ1) is 13.7. The van der Waals surface area contributed by atoms with E-state index in [0.717, 1.165) is 30.5 Å². The quantitative estimate of drug-likeness (QED) is 0.692. The Morgan fingerprint density at radius 1 is 0.857 bits per heavy atom. The Morgan fingerprint density at radius 2 is 1.57 bits per heavy atom. The van der Waals surface area contributed by atoms with Gasteiger partial charge in [-0.15, -0.1) is 0 Å². The first kappa shape index (κ1) is 18.1. The van der Waals surface area contributed by atoms with E-state index in [-0.39, 0.29) is 5.69 Å². The van der Waals surface area contributed by atoms with Crippen LogP contribution in [-0.2, 0) is 4.74 Å². The highest BCUT2D eigenvalue weighted by Crippen LogP contribution is 2.29. The van der Waals surface area contributed by atoms with Crippen LogP contribution >= 0.6 is 0 Å². The lowest BCUT2D eigenvalue weighted by Gasteiger charge is -2.30. The fraction of sp³-hybridized carbons (Fsp3) is 0.200. The zero-order valence-corrected chi connectivity index (χ0v) is 15.0. The van der Waals surface area contributed by atoms with Crippen molar-refractivity contribution in [3.63, 3.8) is 0 Å². The number of hydrogen-bond donors (Lipinski definition) is 2. The minimum Gasteiger partial charge on any atom is -0.378 e. The van der Waals surface area contributed by atoms with E-state index in [1.54, 1.807) is 6.07 Å². The van der Waals surface area contributed by atoms with Crippen molar-refractivity contribution in [2.24, 2.45) is 0 Å². The summed E-state index contributed by atoms with van der Waals surface area (Å²) < 4.78 is 32.4. The van der Waals surface area contributed by atoms with Gasteiger partial charge in [-0.05, 0) is 24.3 Å². The maximum atomic E-state index is 13.9. The standard InChI is InChI=1S/C20H19F2N5O/c21-14-5-6-16(15(22)11-14)25-19-12-20(24-13-23-19)26-17-3-1-2-4-18(17)27-7-9-28-10-8-27/h1-6,11-13H,7-10H2,(H2,23,24,25,26). The van der Waals surface area contributed by atoms with Gasteiger partial charge in [0.05, 0.1) is 30.3 Å². The molecule has 1 saturated heterocycles. The Bertz CT molecular complexity index is 963. The molecule has 1 aliphatic rings. The molecular weight excluding hydrogens is 364 g/mol. The van der Waals surface area contributed by atoms with Crippen LogP contribution in [-0.4, -0.2) is 36.3 Å². The number of benzene rings is 2. The highest BCUT2D eigenvalue weighted by molar-refractivity contribution is 5.75. The minimum absolute atomic E-state index is 0.139. The molecule has 2 N–H and O–H groups in total. The van der Waals surface area contributed by atoms with Crippen LogP contribution in [0.25, 0.3) is 0 Å². The normalized spacial score (nSPS) is 14.0. The van der Waals surface area contributed by atoms with E-state index in [4.69, 9.17) is 4.74 Å². The minimum atomic E-state index is -0.689. The van der Waals surface area contributed by atoms with Gasteiger partial charge in [0.15, 0.2) is 0 Å². The van der Waals surface area contributed by atoms with Crippen LogP contribution in [0.4, 0.5) is 37.5 Å². The van der Waals surface area contributed by atoms with Crippen molar-refractivity contribution in [2.75, 3.05) is 41.8 Å². The Balaban J connectivity index is 1.54. The summed E-state index contributed by atoms with van der Waals surface area (Å²) in [5.41, 5.74) is 2.10. The third-order valence-corrected chi connectivity index (χ3v) is 4.38. The Kier molecular flexibility index (Phi) is 5.29. The van der Waals surface area contributed by atoms with E-state index >= 15 is 0 Å². The molecule has 1 aromatic heterocycles. The smallest absolute Gasteiger partial charge is 0.149 e. The van der Waals surface area contributed by atoms with E-state index in [1.165, 1.54) is 18.5 Å². The van der Waals surface area contributed by atoms with E-state index in [0.29, 0.717) is 24.8 Å². The number of para-hydroxylation sites is 2. The molecule has 0 atom stereocenters. The molecule has 28 heavy (non-hydrogen) atoms. The highest BCUT2D eigenvalue weighted by atomic mass is 19.1. The van der Waals surface area contributed by atoms with E-state index in [1.807, 2.05) is 24.3 Å². The van der Waals surface area contributed by atoms with Crippen molar-refractivity contribution < 1.29 is 13.5 Å². The van der Waals surface area contributed by atoms with Crippen molar-refractivity contribution in [3.05, 3.63) is 66.5 Å². The average molecular weight is 383 g/mol. The lowest BCUT2D eigenvalue weighted by Crippen LogP contribution is -2.36. The second-order valence-electron chi connectivity index (χ2n) is 6.28. The summed E-state index contributed by atoms with van der Waals surface area (Å²) in [4.78, 5) is 10.6. The fourth-order valence-electron chi connectivity index (χ4n) is 3.02. The Morgan fingerprint density at radius 3 is 2.32 bits per heavy atom. The van der Waals surface area contributed by atoms with Crippen molar-refractivity contribution >= 4 is 28.7 Å². The molecule has 144 valence electrons. The molecule has 0 amide bonds. The molecule has 1 aliphatic heterocycles. The number of hydrogen-bond acceptors (Lipinski definition) is 6. The number of nitrogens with one attached hydrogen (secondary N) is 2. The summed E-state index contributed by atoms with van der Waals surface area (Å²) in [6, 6.07) is 12.9. The molecule has 8 heteroatoms. The monoisotopic (exact) mass is 383 g/mol. The molecule has 2 aromatic carbocycles. The van der Waals surface area contributed by atoms with Gasteiger partial charge in [-0.25, -0.2) is 18.7 Å². The summed E-state index contributed by atoms with van der Waals surface area (Å²) in [6.45, 7) is 3.02. The van der Waals surface area contributed by atoms with Crippen molar-refractivity contribution in [2.45, 2.75) is 0 Å². The molecule has 0 radical (unpaired) electrons. The van der Waals surface area contributed by atoms with Crippen molar-refractivity contribution in [3.8, 4) is 0 Å². The number of anilines is 5. The lowest BCUT2D eigenvalue weighted by molar-refractivity contribution is 0.123. The van der Waals surface area contributed by atoms with E-state index in [2.05, 4.69) is 25.5 Å². The molecule has 0 spiro atoms. The second-order valence-corrected chi connectivity index (χ2v) is 6.28. The van der Waals surface area contributed by atoms with Crippen LogP contribution in [0.3, 0.4) is 0 Å². The molecule has 6 nitrogen and oxygen atoms in total. The van der Waals surface area contributed by atoms with Crippen LogP contribution in [0.15, 0.2) is 54.9 Å². The summed E-state index contributed by atoms with van der Waals surface area (Å²) >= 11 is 0. The number of rotatable bonds is 5. The number of halogens is 2. The van der Waals surface area contributed by atoms with Crippen molar-refractivity contribution in [1.82, 2.24) is 9.97 Å². The predicted molar refractivity (Wildman–Crippen MR) is 104 cm³/mol. The third kappa shape index (κ3) is 4.17. The fourth-order valence-corrected chi connectivity index (χ4v) is 3.02. The third-order valence-electron chi connectivity index (χ3n) is 4.38. The van der Waals surface area contributed by atoms with Gasteiger partial charge in [0.25, 0.3) is 0 Å². The molecule has 1 fully saturated rings. The molecule has 3 aromatic rings. The molecule has 0 saturated carbocycles. The topological polar surface area (TPSA) is 62.3 Å². The van der Waals surface area contributed by atoms with Crippen LogP contribution in [0.5, 0.6) is 0 Å². The summed E-state index contributed by atoms with van der Waals surface area (Å²) in [7, 11) is 0. The van der Waals surface area contributed by atoms with Crippen molar-refractivity contribution in [1.29, 1.82) is 0 Å². The maximum absolute atomic E-state index is 13.9. The Labute approximate surface area is 161 Å². The van der Waals surface area contributed by atoms with Gasteiger partial charge < -0.3 is 20.3 Å². The second kappa shape index (κ2) is 8.18. The highest BCUT2D eigenvalue weighted by Gasteiger charge is 2.15. The maximum Gasteiger partial charge on any atom is 0.149 e. The molecule has 0 unspecified atom stereocenters. The van der Waals surface area contributed by atoms with Gasteiger partial charge in [0.2, 0.25) is 0 Å². The molecular formula is C20H19F2N5O. The molecule has 4 rings (SSSR count). The zero-order chi connectivity index (χ0) is 19.3. The number of ether oxygens (including phenoxy) is 1. The van der Waals surface area contributed by atoms with Gasteiger partial charge in [0.1, 0.15) is 29.6 Å². The zero-order valence-electron chi connectivity index (χ0n) is 15.0. The van der Waals surface area contributed by atoms with Gasteiger partial charge in [-0.2, -0.15) is 0 Å². The summed E-state index contributed by atoms with van der Waals surface area (Å²) in [5, 5.41) is 6.14. The first-order valence-corrected chi connectivity index (χ1v) is 8.92. The van der Waals surface area contributed by atoms with Gasteiger partial charge in [-0.1, -0.05) is 12.1 Å². The van der Waals surface area contributed by atoms with Gasteiger partial charge in [-0.3, -0.25) is 0 Å². The van der Waals surface area contributed by atoms with Gasteiger partial charge >= 0.3 is 0 Å². The largest absolute Gasteiger partial charge is 0.378 e. The molecule has 0 aliphatic carbocycles. The number of nitrogens with zero attached hydrogens (tertiary/aromatic N) is 3. The SMILES string of the molecule is Fc1ccc(Nc2cc(Nc3ccccc3N3CCOCC3)ncn2)c(F)c1. The van der Waals surface area contributed by atoms with Crippen LogP contribution < -0.4 is 15.5 Å². The molecule has 0 bridgehead atoms. The number of aromatic nitrogens is 2. The number of morpholine rings is 1. The average Bonchev–Trinajstić information content (AvgIpc) is 2.72. The van der Waals surface area contributed by atoms with Crippen LogP contribution in [0.2, 0.25) is 0 Å². The van der Waals surface area contributed by atoms with Crippen LogP contribution in [0.1, 0.15) is 0 Å².